The van der Waals surface area contributed by atoms with Gasteiger partial charge < -0.3 is 10.1 Å². The maximum absolute atomic E-state index is 11.9. The van der Waals surface area contributed by atoms with Crippen LogP contribution in [-0.4, -0.2) is 18.2 Å². The molecule has 24 heavy (non-hydrogen) atoms. The van der Waals surface area contributed by atoms with Crippen molar-refractivity contribution in [2.75, 3.05) is 11.9 Å². The van der Waals surface area contributed by atoms with Gasteiger partial charge in [-0.15, -0.1) is 0 Å². The molecule has 2 aliphatic rings. The normalized spacial score (nSPS) is 19.9. The molecule has 2 N–H and O–H groups in total. The molecule has 1 fully saturated rings. The van der Waals surface area contributed by atoms with E-state index < -0.39 is 11.7 Å². The van der Waals surface area contributed by atoms with E-state index in [0.29, 0.717) is 6.04 Å². The van der Waals surface area contributed by atoms with E-state index >= 15 is 0 Å². The monoisotopic (exact) mass is 330 g/mol. The molecule has 0 spiro atoms. The maximum Gasteiger partial charge on any atom is 0.412 e. The first-order valence-electron chi connectivity index (χ1n) is 9.27. The van der Waals surface area contributed by atoms with E-state index in [-0.39, 0.29) is 0 Å². The van der Waals surface area contributed by atoms with Gasteiger partial charge in [0.15, 0.2) is 0 Å². The molecule has 0 bridgehead atoms. The number of benzene rings is 1. The average Bonchev–Trinajstić information content (AvgIpc) is 3.22. The van der Waals surface area contributed by atoms with Crippen LogP contribution >= 0.6 is 0 Å². The van der Waals surface area contributed by atoms with Gasteiger partial charge in [0.05, 0.1) is 0 Å². The molecule has 132 valence electrons. The van der Waals surface area contributed by atoms with Gasteiger partial charge in [0.2, 0.25) is 0 Å². The van der Waals surface area contributed by atoms with Gasteiger partial charge in [0.25, 0.3) is 0 Å². The molecule has 0 heterocycles. The Morgan fingerprint density at radius 2 is 2.04 bits per heavy atom. The quantitative estimate of drug-likeness (QED) is 0.737. The Morgan fingerprint density at radius 3 is 2.75 bits per heavy atom. The molecule has 1 atom stereocenters. The lowest BCUT2D eigenvalue weighted by molar-refractivity contribution is 0.0636. The number of amides is 1. The minimum absolute atomic E-state index is 0.393. The van der Waals surface area contributed by atoms with Crippen molar-refractivity contribution < 1.29 is 9.53 Å². The molecule has 4 nitrogen and oxygen atoms in total. The fourth-order valence-electron chi connectivity index (χ4n) is 3.40. The molecule has 0 radical (unpaired) electrons. The van der Waals surface area contributed by atoms with E-state index in [9.17, 15) is 4.79 Å². The standard InChI is InChI=1S/C20H30N2O2/c1-20(2,3)24-19(23)22-16-9-10-17-15(13-16)8-11-18(17)21-12-4-5-14-6-7-14/h9-10,13-14,18,21H,4-8,11-12H2,1-3H3,(H,22,23). The molecule has 0 saturated heterocycles. The SMILES string of the molecule is CC(C)(C)OC(=O)Nc1ccc2c(c1)CCC2NCCCC1CC1. The lowest BCUT2D eigenvalue weighted by Crippen LogP contribution is -2.27. The molecule has 0 aliphatic heterocycles. The molecule has 1 saturated carbocycles. The van der Waals surface area contributed by atoms with Gasteiger partial charge in [0.1, 0.15) is 5.60 Å². The van der Waals surface area contributed by atoms with E-state index in [1.807, 2.05) is 26.8 Å². The van der Waals surface area contributed by atoms with Gasteiger partial charge in [-0.1, -0.05) is 18.9 Å². The maximum atomic E-state index is 11.9. The second-order valence-corrected chi connectivity index (χ2v) is 8.17. The molecule has 1 amide bonds. The summed E-state index contributed by atoms with van der Waals surface area (Å²) in [5.41, 5.74) is 3.06. The van der Waals surface area contributed by atoms with Crippen LogP contribution in [0.1, 0.15) is 70.0 Å². The van der Waals surface area contributed by atoms with Gasteiger partial charge in [-0.3, -0.25) is 5.32 Å². The zero-order valence-electron chi connectivity index (χ0n) is 15.2. The van der Waals surface area contributed by atoms with Crippen molar-refractivity contribution in [3.05, 3.63) is 29.3 Å². The van der Waals surface area contributed by atoms with E-state index in [4.69, 9.17) is 4.74 Å². The summed E-state index contributed by atoms with van der Waals surface area (Å²) >= 11 is 0. The molecule has 1 aromatic carbocycles. The van der Waals surface area contributed by atoms with Crippen LogP contribution in [0.25, 0.3) is 0 Å². The molecule has 1 unspecified atom stereocenters. The number of fused-ring (bicyclic) bond motifs is 1. The number of hydrogen-bond donors (Lipinski definition) is 2. The van der Waals surface area contributed by atoms with Gasteiger partial charge in [-0.2, -0.15) is 0 Å². The number of rotatable bonds is 6. The van der Waals surface area contributed by atoms with Crippen LogP contribution in [0, 0.1) is 5.92 Å². The number of anilines is 1. The predicted octanol–water partition coefficient (Wildman–Crippen LogP) is 4.80. The Balaban J connectivity index is 1.51. The number of aryl methyl sites for hydroxylation is 1. The third-order valence-electron chi connectivity index (χ3n) is 4.74. The summed E-state index contributed by atoms with van der Waals surface area (Å²) in [6.45, 7) is 6.72. The molecule has 4 heteroatoms. The van der Waals surface area contributed by atoms with E-state index in [0.717, 1.165) is 31.0 Å². The van der Waals surface area contributed by atoms with Crippen LogP contribution in [0.4, 0.5) is 10.5 Å². The van der Waals surface area contributed by atoms with Crippen molar-refractivity contribution in [1.82, 2.24) is 5.32 Å². The molecule has 3 rings (SSSR count). The van der Waals surface area contributed by atoms with Gasteiger partial charge in [-0.25, -0.2) is 4.79 Å². The first-order valence-corrected chi connectivity index (χ1v) is 9.27. The van der Waals surface area contributed by atoms with Crippen molar-refractivity contribution in [3.63, 3.8) is 0 Å². The molecular weight excluding hydrogens is 300 g/mol. The van der Waals surface area contributed by atoms with Crippen LogP contribution in [0.2, 0.25) is 0 Å². The highest BCUT2D eigenvalue weighted by atomic mass is 16.6. The van der Waals surface area contributed by atoms with Gasteiger partial charge in [0, 0.05) is 11.7 Å². The zero-order chi connectivity index (χ0) is 17.2. The summed E-state index contributed by atoms with van der Waals surface area (Å²) in [7, 11) is 0. The van der Waals surface area contributed by atoms with Crippen LogP contribution in [-0.2, 0) is 11.2 Å². The first-order chi connectivity index (χ1) is 11.4. The minimum Gasteiger partial charge on any atom is -0.444 e. The second kappa shape index (κ2) is 7.14. The van der Waals surface area contributed by atoms with E-state index in [2.05, 4.69) is 22.8 Å². The smallest absolute Gasteiger partial charge is 0.412 e. The number of nitrogens with one attached hydrogen (secondary N) is 2. The molecule has 1 aromatic rings. The lowest BCUT2D eigenvalue weighted by atomic mass is 10.1. The van der Waals surface area contributed by atoms with Crippen LogP contribution in [0.15, 0.2) is 18.2 Å². The lowest BCUT2D eigenvalue weighted by Gasteiger charge is -2.20. The first kappa shape index (κ1) is 17.3. The Bertz CT molecular complexity index is 588. The largest absolute Gasteiger partial charge is 0.444 e. The average molecular weight is 330 g/mol. The minimum atomic E-state index is -0.476. The Labute approximate surface area is 145 Å². The molecule has 2 aliphatic carbocycles. The highest BCUT2D eigenvalue weighted by Gasteiger charge is 2.24. The summed E-state index contributed by atoms with van der Waals surface area (Å²) in [6, 6.07) is 6.68. The topological polar surface area (TPSA) is 50.4 Å². The summed E-state index contributed by atoms with van der Waals surface area (Å²) in [4.78, 5) is 11.9. The fourth-order valence-corrected chi connectivity index (χ4v) is 3.40. The molecular formula is C20H30N2O2. The Hall–Kier alpha value is -1.55. The van der Waals surface area contributed by atoms with E-state index in [1.54, 1.807) is 0 Å². The molecule has 0 aromatic heterocycles. The van der Waals surface area contributed by atoms with E-state index in [1.165, 1.54) is 36.8 Å². The van der Waals surface area contributed by atoms with Crippen molar-refractivity contribution in [2.24, 2.45) is 5.92 Å². The van der Waals surface area contributed by atoms with Crippen molar-refractivity contribution in [3.8, 4) is 0 Å². The second-order valence-electron chi connectivity index (χ2n) is 8.17. The summed E-state index contributed by atoms with van der Waals surface area (Å²) in [5.74, 6) is 1.02. The highest BCUT2D eigenvalue weighted by molar-refractivity contribution is 5.85. The third-order valence-corrected chi connectivity index (χ3v) is 4.74. The summed E-state index contributed by atoms with van der Waals surface area (Å²) < 4.78 is 5.31. The Kier molecular flexibility index (Phi) is 5.14. The van der Waals surface area contributed by atoms with Crippen LogP contribution in [0.5, 0.6) is 0 Å². The summed E-state index contributed by atoms with van der Waals surface area (Å²) in [6.07, 6.45) is 7.38. The summed E-state index contributed by atoms with van der Waals surface area (Å²) in [5, 5.41) is 6.53. The number of carbonyl (C=O) groups is 1. The van der Waals surface area contributed by atoms with Gasteiger partial charge >= 0.3 is 6.09 Å². The van der Waals surface area contributed by atoms with Crippen molar-refractivity contribution >= 4 is 11.8 Å². The zero-order valence-corrected chi connectivity index (χ0v) is 15.2. The Morgan fingerprint density at radius 1 is 1.25 bits per heavy atom. The van der Waals surface area contributed by atoms with Gasteiger partial charge in [-0.05, 0) is 82.2 Å². The van der Waals surface area contributed by atoms with Crippen LogP contribution in [0.3, 0.4) is 0 Å². The predicted molar refractivity (Wildman–Crippen MR) is 97.3 cm³/mol. The highest BCUT2D eigenvalue weighted by Crippen LogP contribution is 2.35. The van der Waals surface area contributed by atoms with Crippen molar-refractivity contribution in [2.45, 2.75) is 70.9 Å². The number of hydrogen-bond acceptors (Lipinski definition) is 3. The number of carbonyl (C=O) groups excluding carboxylic acids is 1. The number of ether oxygens (including phenoxy) is 1. The fraction of sp³-hybridized carbons (Fsp3) is 0.650. The third kappa shape index (κ3) is 4.97. The van der Waals surface area contributed by atoms with Crippen LogP contribution < -0.4 is 10.6 Å². The van der Waals surface area contributed by atoms with Crippen molar-refractivity contribution in [1.29, 1.82) is 0 Å².